The van der Waals surface area contributed by atoms with Crippen LogP contribution in [0.1, 0.15) is 37.7 Å². The molecule has 112 valence electrons. The van der Waals surface area contributed by atoms with E-state index in [1.54, 1.807) is 0 Å². The molecule has 2 fully saturated rings. The topological polar surface area (TPSA) is 49.4 Å². The van der Waals surface area contributed by atoms with Crippen LogP contribution in [0.2, 0.25) is 0 Å². The molecule has 2 aliphatic rings. The number of likely N-dealkylation sites (tertiary alicyclic amines) is 1. The van der Waals surface area contributed by atoms with E-state index in [1.165, 1.54) is 12.8 Å². The van der Waals surface area contributed by atoms with E-state index in [0.717, 1.165) is 24.1 Å². The van der Waals surface area contributed by atoms with Crippen molar-refractivity contribution in [2.75, 3.05) is 11.9 Å². The van der Waals surface area contributed by atoms with Crippen molar-refractivity contribution in [2.24, 2.45) is 5.92 Å². The Hall–Kier alpha value is -1.84. The van der Waals surface area contributed by atoms with E-state index >= 15 is 0 Å². The molecule has 0 radical (unpaired) electrons. The number of rotatable bonds is 3. The minimum atomic E-state index is -0.209. The van der Waals surface area contributed by atoms with Crippen molar-refractivity contribution in [3.8, 4) is 0 Å². The third-order valence-electron chi connectivity index (χ3n) is 4.61. The van der Waals surface area contributed by atoms with Crippen molar-refractivity contribution in [1.29, 1.82) is 0 Å². The Bertz CT molecular complexity index is 532. The summed E-state index contributed by atoms with van der Waals surface area (Å²) in [7, 11) is 0. The maximum absolute atomic E-state index is 12.3. The molecule has 1 unspecified atom stereocenters. The smallest absolute Gasteiger partial charge is 0.229 e. The lowest BCUT2D eigenvalue weighted by atomic mass is 10.1. The van der Waals surface area contributed by atoms with Gasteiger partial charge in [-0.3, -0.25) is 9.59 Å². The number of aryl methyl sites for hydroxylation is 1. The number of hydrogen-bond acceptors (Lipinski definition) is 2. The Labute approximate surface area is 125 Å². The van der Waals surface area contributed by atoms with Gasteiger partial charge in [0.2, 0.25) is 11.8 Å². The first kappa shape index (κ1) is 14.1. The molecule has 0 spiro atoms. The number of benzene rings is 1. The van der Waals surface area contributed by atoms with Crippen molar-refractivity contribution < 1.29 is 9.59 Å². The summed E-state index contributed by atoms with van der Waals surface area (Å²) in [6, 6.07) is 8.12. The van der Waals surface area contributed by atoms with Gasteiger partial charge in [0.15, 0.2) is 0 Å². The highest BCUT2D eigenvalue weighted by atomic mass is 16.2. The molecular formula is C17H22N2O2. The molecule has 3 rings (SSSR count). The van der Waals surface area contributed by atoms with Crippen molar-refractivity contribution >= 4 is 17.5 Å². The molecule has 1 aliphatic carbocycles. The Morgan fingerprint density at radius 1 is 1.19 bits per heavy atom. The molecule has 1 heterocycles. The number of carbonyl (C=O) groups excluding carboxylic acids is 2. The number of carbonyl (C=O) groups is 2. The first-order valence-corrected chi connectivity index (χ1v) is 7.80. The lowest BCUT2D eigenvalue weighted by Crippen LogP contribution is -2.35. The second kappa shape index (κ2) is 5.88. The van der Waals surface area contributed by atoms with Gasteiger partial charge in [-0.1, -0.05) is 30.5 Å². The first-order chi connectivity index (χ1) is 10.1. The number of nitrogens with one attached hydrogen (secondary N) is 1. The average molecular weight is 286 g/mol. The average Bonchev–Trinajstić information content (AvgIpc) is 3.10. The van der Waals surface area contributed by atoms with Crippen LogP contribution in [0.25, 0.3) is 0 Å². The van der Waals surface area contributed by atoms with Crippen LogP contribution in [0.15, 0.2) is 24.3 Å². The molecule has 1 aromatic carbocycles. The van der Waals surface area contributed by atoms with Gasteiger partial charge in [0.05, 0.1) is 5.92 Å². The summed E-state index contributed by atoms with van der Waals surface area (Å²) in [5.41, 5.74) is 1.97. The Morgan fingerprint density at radius 3 is 2.52 bits per heavy atom. The van der Waals surface area contributed by atoms with Crippen LogP contribution in [0.4, 0.5) is 5.69 Å². The van der Waals surface area contributed by atoms with Gasteiger partial charge in [-0.25, -0.2) is 0 Å². The fourth-order valence-corrected chi connectivity index (χ4v) is 3.36. The van der Waals surface area contributed by atoms with E-state index in [0.29, 0.717) is 19.0 Å². The van der Waals surface area contributed by atoms with Crippen molar-refractivity contribution in [3.63, 3.8) is 0 Å². The highest BCUT2D eigenvalue weighted by molar-refractivity contribution is 5.97. The van der Waals surface area contributed by atoms with Gasteiger partial charge in [-0.15, -0.1) is 0 Å². The SMILES string of the molecule is Cc1ccc(NC(=O)C2CC(=O)N(C3CCCC3)C2)cc1. The third kappa shape index (κ3) is 3.09. The van der Waals surface area contributed by atoms with Crippen LogP contribution in [0.5, 0.6) is 0 Å². The lowest BCUT2D eigenvalue weighted by molar-refractivity contribution is -0.129. The predicted octanol–water partition coefficient (Wildman–Crippen LogP) is 2.72. The molecule has 4 heteroatoms. The molecular weight excluding hydrogens is 264 g/mol. The minimum Gasteiger partial charge on any atom is -0.339 e. The summed E-state index contributed by atoms with van der Waals surface area (Å²) >= 11 is 0. The number of anilines is 1. The maximum Gasteiger partial charge on any atom is 0.229 e. The van der Waals surface area contributed by atoms with E-state index in [9.17, 15) is 9.59 Å². The van der Waals surface area contributed by atoms with Gasteiger partial charge < -0.3 is 10.2 Å². The summed E-state index contributed by atoms with van der Waals surface area (Å²) in [4.78, 5) is 26.4. The van der Waals surface area contributed by atoms with Crippen LogP contribution >= 0.6 is 0 Å². The minimum absolute atomic E-state index is 0.0345. The van der Waals surface area contributed by atoms with E-state index in [2.05, 4.69) is 5.32 Å². The molecule has 4 nitrogen and oxygen atoms in total. The zero-order valence-electron chi connectivity index (χ0n) is 12.5. The molecule has 0 bridgehead atoms. The Balaban J connectivity index is 1.60. The summed E-state index contributed by atoms with van der Waals surface area (Å²) in [6.07, 6.45) is 4.95. The molecule has 1 saturated carbocycles. The van der Waals surface area contributed by atoms with Crippen molar-refractivity contribution in [1.82, 2.24) is 4.90 Å². The van der Waals surface area contributed by atoms with Gasteiger partial charge in [0.25, 0.3) is 0 Å². The quantitative estimate of drug-likeness (QED) is 0.929. The molecule has 0 aromatic heterocycles. The number of nitrogens with zero attached hydrogens (tertiary/aromatic N) is 1. The monoisotopic (exact) mass is 286 g/mol. The second-order valence-electron chi connectivity index (χ2n) is 6.24. The summed E-state index contributed by atoms with van der Waals surface area (Å²) in [5.74, 6) is -0.0990. The van der Waals surface area contributed by atoms with E-state index in [-0.39, 0.29) is 17.7 Å². The number of hydrogen-bond donors (Lipinski definition) is 1. The highest BCUT2D eigenvalue weighted by Gasteiger charge is 2.38. The molecule has 1 atom stereocenters. The Kier molecular flexibility index (Phi) is 3.95. The molecule has 2 amide bonds. The molecule has 1 saturated heterocycles. The van der Waals surface area contributed by atoms with Gasteiger partial charge in [0, 0.05) is 24.7 Å². The van der Waals surface area contributed by atoms with Gasteiger partial charge in [-0.2, -0.15) is 0 Å². The van der Waals surface area contributed by atoms with Gasteiger partial charge in [-0.05, 0) is 31.9 Å². The lowest BCUT2D eigenvalue weighted by Gasteiger charge is -2.23. The number of amides is 2. The normalized spacial score (nSPS) is 22.8. The van der Waals surface area contributed by atoms with Crippen molar-refractivity contribution in [3.05, 3.63) is 29.8 Å². The fourth-order valence-electron chi connectivity index (χ4n) is 3.36. The van der Waals surface area contributed by atoms with Crippen LogP contribution in [0.3, 0.4) is 0 Å². The standard InChI is InChI=1S/C17H22N2O2/c1-12-6-8-14(9-7-12)18-17(21)13-10-16(20)19(11-13)15-4-2-3-5-15/h6-9,13,15H,2-5,10-11H2,1H3,(H,18,21). The largest absolute Gasteiger partial charge is 0.339 e. The third-order valence-corrected chi connectivity index (χ3v) is 4.61. The predicted molar refractivity (Wildman–Crippen MR) is 81.9 cm³/mol. The van der Waals surface area contributed by atoms with Crippen LogP contribution in [-0.2, 0) is 9.59 Å². The van der Waals surface area contributed by atoms with Gasteiger partial charge in [0.1, 0.15) is 0 Å². The van der Waals surface area contributed by atoms with E-state index < -0.39 is 0 Å². The zero-order valence-corrected chi connectivity index (χ0v) is 12.5. The summed E-state index contributed by atoms with van der Waals surface area (Å²) in [5, 5.41) is 2.92. The van der Waals surface area contributed by atoms with E-state index in [1.807, 2.05) is 36.1 Å². The molecule has 21 heavy (non-hydrogen) atoms. The zero-order chi connectivity index (χ0) is 14.8. The highest BCUT2D eigenvalue weighted by Crippen LogP contribution is 2.29. The van der Waals surface area contributed by atoms with E-state index in [4.69, 9.17) is 0 Å². The molecule has 1 N–H and O–H groups in total. The summed E-state index contributed by atoms with van der Waals surface area (Å²) in [6.45, 7) is 2.60. The van der Waals surface area contributed by atoms with Crippen LogP contribution < -0.4 is 5.32 Å². The van der Waals surface area contributed by atoms with Gasteiger partial charge >= 0.3 is 0 Å². The second-order valence-corrected chi connectivity index (χ2v) is 6.24. The first-order valence-electron chi connectivity index (χ1n) is 7.80. The molecule has 1 aromatic rings. The van der Waals surface area contributed by atoms with Crippen molar-refractivity contribution in [2.45, 2.75) is 45.1 Å². The summed E-state index contributed by atoms with van der Waals surface area (Å²) < 4.78 is 0. The maximum atomic E-state index is 12.3. The molecule has 1 aliphatic heterocycles. The van der Waals surface area contributed by atoms with Crippen LogP contribution in [0, 0.1) is 12.8 Å². The van der Waals surface area contributed by atoms with Crippen LogP contribution in [-0.4, -0.2) is 29.3 Å². The fraction of sp³-hybridized carbons (Fsp3) is 0.529. The Morgan fingerprint density at radius 2 is 1.86 bits per heavy atom.